The first kappa shape index (κ1) is 20.0. The summed E-state index contributed by atoms with van der Waals surface area (Å²) in [6.07, 6.45) is -5.49. The zero-order valence-electron chi connectivity index (χ0n) is 15.3. The molecule has 10 heteroatoms. The van der Waals surface area contributed by atoms with Gasteiger partial charge in [0.05, 0.1) is 6.61 Å². The maximum absolute atomic E-state index is 12.8. The molecule has 4 atom stereocenters. The topological polar surface area (TPSA) is 170 Å². The summed E-state index contributed by atoms with van der Waals surface area (Å²) < 4.78 is 16.3. The average Bonchev–Trinajstić information content (AvgIpc) is 2.99. The van der Waals surface area contributed by atoms with E-state index in [1.807, 2.05) is 0 Å². The molecule has 4 unspecified atom stereocenters. The molecule has 1 aliphatic rings. The predicted molar refractivity (Wildman–Crippen MR) is 101 cm³/mol. The Bertz CT molecular complexity index is 1140. The Balaban J connectivity index is 1.81. The summed E-state index contributed by atoms with van der Waals surface area (Å²) in [4.78, 5) is 12.8. The molecule has 30 heavy (non-hydrogen) atoms. The lowest BCUT2D eigenvalue weighted by Crippen LogP contribution is -2.35. The number of hydrogen-bond acceptors (Lipinski definition) is 10. The summed E-state index contributed by atoms with van der Waals surface area (Å²) in [6, 6.07) is 7.75. The fraction of sp³-hybridized carbons (Fsp3) is 0.250. The molecule has 2 heterocycles. The predicted octanol–water partition coefficient (Wildman–Crippen LogP) is 0.395. The summed E-state index contributed by atoms with van der Waals surface area (Å²) in [7, 11) is 0. The summed E-state index contributed by atoms with van der Waals surface area (Å²) >= 11 is 0. The summed E-state index contributed by atoms with van der Waals surface area (Å²) in [6.45, 7) is -0.572. The molecule has 10 nitrogen and oxygen atoms in total. The molecule has 2 aromatic carbocycles. The second-order valence-electron chi connectivity index (χ2n) is 6.80. The first-order valence-corrected chi connectivity index (χ1v) is 8.91. The van der Waals surface area contributed by atoms with E-state index >= 15 is 0 Å². The molecule has 0 bridgehead atoms. The largest absolute Gasteiger partial charge is 0.508 e. The maximum Gasteiger partial charge on any atom is 0.238 e. The number of benzene rings is 2. The van der Waals surface area contributed by atoms with E-state index in [9.17, 15) is 35.4 Å². The zero-order chi connectivity index (χ0) is 21.6. The molecule has 4 rings (SSSR count). The monoisotopic (exact) mass is 418 g/mol. The Labute approximate surface area is 168 Å². The molecule has 1 fully saturated rings. The smallest absolute Gasteiger partial charge is 0.238 e. The van der Waals surface area contributed by atoms with Crippen molar-refractivity contribution >= 4 is 11.0 Å². The van der Waals surface area contributed by atoms with E-state index in [2.05, 4.69) is 0 Å². The summed E-state index contributed by atoms with van der Waals surface area (Å²) in [5, 5.41) is 58.7. The maximum atomic E-state index is 12.8. The second kappa shape index (κ2) is 7.50. The van der Waals surface area contributed by atoms with Crippen LogP contribution in [0.2, 0.25) is 0 Å². The molecule has 0 spiro atoms. The Morgan fingerprint density at radius 1 is 0.967 bits per heavy atom. The van der Waals surface area contributed by atoms with Gasteiger partial charge in [-0.3, -0.25) is 4.79 Å². The highest BCUT2D eigenvalue weighted by molar-refractivity contribution is 5.88. The molecule has 6 N–H and O–H groups in total. The third-order valence-corrected chi connectivity index (χ3v) is 4.79. The number of rotatable bonds is 4. The fourth-order valence-corrected chi connectivity index (χ4v) is 3.25. The van der Waals surface area contributed by atoms with Crippen molar-refractivity contribution in [3.8, 4) is 34.3 Å². The number of aliphatic hydroxyl groups is 3. The lowest BCUT2D eigenvalue weighted by Gasteiger charge is -2.18. The van der Waals surface area contributed by atoms with Crippen molar-refractivity contribution in [1.82, 2.24) is 0 Å². The average molecular weight is 418 g/mol. The summed E-state index contributed by atoms with van der Waals surface area (Å²) in [5.74, 6) is -1.54. The van der Waals surface area contributed by atoms with Crippen molar-refractivity contribution in [2.24, 2.45) is 0 Å². The molecule has 0 radical (unpaired) electrons. The van der Waals surface area contributed by atoms with E-state index in [0.717, 1.165) is 12.1 Å². The van der Waals surface area contributed by atoms with Crippen LogP contribution in [0.3, 0.4) is 0 Å². The van der Waals surface area contributed by atoms with Crippen LogP contribution in [0.15, 0.2) is 45.6 Å². The lowest BCUT2D eigenvalue weighted by molar-refractivity contribution is -0.116. The van der Waals surface area contributed by atoms with Gasteiger partial charge in [0.2, 0.25) is 17.5 Å². The van der Waals surface area contributed by atoms with Gasteiger partial charge in [-0.05, 0) is 24.3 Å². The summed E-state index contributed by atoms with van der Waals surface area (Å²) in [5.41, 5.74) is -0.692. The number of ether oxygens (including phenoxy) is 2. The van der Waals surface area contributed by atoms with Crippen LogP contribution < -0.4 is 10.2 Å². The number of aliphatic hydroxyl groups excluding tert-OH is 3. The van der Waals surface area contributed by atoms with E-state index in [1.54, 1.807) is 0 Å². The van der Waals surface area contributed by atoms with Crippen molar-refractivity contribution in [2.75, 3.05) is 6.61 Å². The third kappa shape index (κ3) is 3.31. The van der Waals surface area contributed by atoms with E-state index in [-0.39, 0.29) is 34.0 Å². The van der Waals surface area contributed by atoms with Crippen molar-refractivity contribution < 1.29 is 44.5 Å². The van der Waals surface area contributed by atoms with Crippen LogP contribution in [0.4, 0.5) is 0 Å². The van der Waals surface area contributed by atoms with E-state index in [1.165, 1.54) is 24.3 Å². The molecule has 0 saturated carbocycles. The minimum atomic E-state index is -1.53. The van der Waals surface area contributed by atoms with Crippen molar-refractivity contribution in [3.05, 3.63) is 46.6 Å². The molecule has 1 saturated heterocycles. The van der Waals surface area contributed by atoms with Crippen LogP contribution in [-0.4, -0.2) is 61.8 Å². The van der Waals surface area contributed by atoms with Crippen molar-refractivity contribution in [3.63, 3.8) is 0 Å². The standard InChI is InChI=1S/C20H18O10/c21-7-13-15(24)18(27)20(30-13)29-12-6-10(23)5-11-14(12)16(25)17(26)19(28-11)8-1-3-9(22)4-2-8/h1-6,13,15,18,20-24,26-27H,7H2. The van der Waals surface area contributed by atoms with Crippen LogP contribution in [0.5, 0.6) is 23.0 Å². The highest BCUT2D eigenvalue weighted by Gasteiger charge is 2.44. The molecule has 1 aromatic heterocycles. The van der Waals surface area contributed by atoms with Gasteiger partial charge in [0.1, 0.15) is 46.5 Å². The van der Waals surface area contributed by atoms with Crippen LogP contribution >= 0.6 is 0 Å². The Morgan fingerprint density at radius 3 is 2.30 bits per heavy atom. The van der Waals surface area contributed by atoms with Crippen LogP contribution in [0.1, 0.15) is 0 Å². The first-order chi connectivity index (χ1) is 14.3. The number of aromatic hydroxyl groups is 3. The molecular formula is C20H18O10. The number of fused-ring (bicyclic) bond motifs is 1. The van der Waals surface area contributed by atoms with Gasteiger partial charge in [-0.2, -0.15) is 0 Å². The van der Waals surface area contributed by atoms with Crippen molar-refractivity contribution in [2.45, 2.75) is 24.6 Å². The SMILES string of the molecule is O=c1c(O)c(-c2ccc(O)cc2)oc2cc(O)cc(OC3OC(CO)C(O)C3O)c12. The molecule has 0 aliphatic carbocycles. The minimum Gasteiger partial charge on any atom is -0.508 e. The number of hydrogen-bond donors (Lipinski definition) is 6. The number of phenols is 2. The van der Waals surface area contributed by atoms with Gasteiger partial charge >= 0.3 is 0 Å². The van der Waals surface area contributed by atoms with Gasteiger partial charge in [0.25, 0.3) is 0 Å². The zero-order valence-corrected chi connectivity index (χ0v) is 15.3. The van der Waals surface area contributed by atoms with Gasteiger partial charge in [0.15, 0.2) is 5.76 Å². The quantitative estimate of drug-likeness (QED) is 0.348. The molecule has 1 aliphatic heterocycles. The second-order valence-corrected chi connectivity index (χ2v) is 6.80. The minimum absolute atomic E-state index is 0.0202. The Morgan fingerprint density at radius 2 is 1.67 bits per heavy atom. The van der Waals surface area contributed by atoms with E-state index in [0.29, 0.717) is 5.56 Å². The van der Waals surface area contributed by atoms with Gasteiger partial charge in [-0.1, -0.05) is 0 Å². The third-order valence-electron chi connectivity index (χ3n) is 4.79. The highest BCUT2D eigenvalue weighted by Crippen LogP contribution is 2.37. The number of phenolic OH excluding ortho intramolecular Hbond substituents is 2. The van der Waals surface area contributed by atoms with Crippen LogP contribution in [-0.2, 0) is 4.74 Å². The fourth-order valence-electron chi connectivity index (χ4n) is 3.25. The van der Waals surface area contributed by atoms with Gasteiger partial charge < -0.3 is 44.5 Å². The lowest BCUT2D eigenvalue weighted by atomic mass is 10.1. The molecule has 3 aromatic rings. The van der Waals surface area contributed by atoms with Crippen LogP contribution in [0, 0.1) is 0 Å². The molecule has 158 valence electrons. The van der Waals surface area contributed by atoms with E-state index < -0.39 is 42.4 Å². The molecule has 0 amide bonds. The first-order valence-electron chi connectivity index (χ1n) is 8.91. The van der Waals surface area contributed by atoms with Crippen molar-refractivity contribution in [1.29, 1.82) is 0 Å². The Kier molecular flexibility index (Phi) is 5.00. The normalized spacial score (nSPS) is 23.7. The molecular weight excluding hydrogens is 400 g/mol. The highest BCUT2D eigenvalue weighted by atomic mass is 16.7. The Hall–Kier alpha value is -3.31. The van der Waals surface area contributed by atoms with Crippen LogP contribution in [0.25, 0.3) is 22.3 Å². The van der Waals surface area contributed by atoms with Gasteiger partial charge in [-0.15, -0.1) is 0 Å². The van der Waals surface area contributed by atoms with E-state index in [4.69, 9.17) is 13.9 Å². The van der Waals surface area contributed by atoms with Gasteiger partial charge in [-0.25, -0.2) is 0 Å². The van der Waals surface area contributed by atoms with Gasteiger partial charge in [0, 0.05) is 17.7 Å².